The minimum absolute atomic E-state index is 0.212. The molecule has 126 valence electrons. The van der Waals surface area contributed by atoms with Crippen LogP contribution in [0.5, 0.6) is 0 Å². The van der Waals surface area contributed by atoms with Crippen LogP contribution in [0, 0.1) is 0 Å². The zero-order valence-electron chi connectivity index (χ0n) is 14.1. The van der Waals surface area contributed by atoms with Gasteiger partial charge >= 0.3 is 0 Å². The lowest BCUT2D eigenvalue weighted by Crippen LogP contribution is -2.28. The maximum atomic E-state index is 6.40. The monoisotopic (exact) mass is 322 g/mol. The maximum Gasteiger partial charge on any atom is 0.128 e. The lowest BCUT2D eigenvalue weighted by Gasteiger charge is -2.18. The summed E-state index contributed by atoms with van der Waals surface area (Å²) < 4.78 is 0. The Bertz CT molecular complexity index is 649. The van der Waals surface area contributed by atoms with Gasteiger partial charge in [0.2, 0.25) is 0 Å². The minimum atomic E-state index is 0.212. The molecule has 24 heavy (non-hydrogen) atoms. The van der Waals surface area contributed by atoms with E-state index in [2.05, 4.69) is 57.2 Å². The summed E-state index contributed by atoms with van der Waals surface area (Å²) in [6, 6.07) is 15.3. The number of rotatable bonds is 4. The molecule has 3 heterocycles. The van der Waals surface area contributed by atoms with Crippen LogP contribution in [0.2, 0.25) is 0 Å². The summed E-state index contributed by atoms with van der Waals surface area (Å²) in [5, 5.41) is 0. The summed E-state index contributed by atoms with van der Waals surface area (Å²) >= 11 is 0. The van der Waals surface area contributed by atoms with E-state index in [1.807, 2.05) is 6.20 Å². The molecule has 1 aromatic carbocycles. The van der Waals surface area contributed by atoms with Crippen LogP contribution in [-0.4, -0.2) is 42.1 Å². The summed E-state index contributed by atoms with van der Waals surface area (Å²) in [6.45, 7) is 5.20. The number of aromatic nitrogens is 1. The molecule has 0 unspecified atom stereocenters. The Labute approximate surface area is 144 Å². The molecule has 2 aromatic rings. The third-order valence-corrected chi connectivity index (χ3v) is 5.31. The van der Waals surface area contributed by atoms with Gasteiger partial charge in [0.15, 0.2) is 0 Å². The summed E-state index contributed by atoms with van der Waals surface area (Å²) in [6.07, 6.45) is 4.61. The number of nitrogens with zero attached hydrogens (tertiary/aromatic N) is 3. The van der Waals surface area contributed by atoms with E-state index in [-0.39, 0.29) is 6.04 Å². The smallest absolute Gasteiger partial charge is 0.128 e. The zero-order valence-corrected chi connectivity index (χ0v) is 14.1. The van der Waals surface area contributed by atoms with E-state index in [9.17, 15) is 0 Å². The van der Waals surface area contributed by atoms with Crippen LogP contribution >= 0.6 is 0 Å². The van der Waals surface area contributed by atoms with Crippen molar-refractivity contribution in [2.75, 3.05) is 31.1 Å². The topological polar surface area (TPSA) is 45.4 Å². The molecule has 2 N–H and O–H groups in total. The van der Waals surface area contributed by atoms with E-state index >= 15 is 0 Å². The van der Waals surface area contributed by atoms with E-state index in [4.69, 9.17) is 5.73 Å². The van der Waals surface area contributed by atoms with Gasteiger partial charge in [-0.2, -0.15) is 0 Å². The first kappa shape index (κ1) is 15.6. The summed E-state index contributed by atoms with van der Waals surface area (Å²) in [5.41, 5.74) is 9.03. The van der Waals surface area contributed by atoms with Gasteiger partial charge in [0.25, 0.3) is 0 Å². The number of likely N-dealkylation sites (tertiary alicyclic amines) is 1. The first-order chi connectivity index (χ1) is 11.8. The van der Waals surface area contributed by atoms with E-state index in [0.29, 0.717) is 5.92 Å². The standard InChI is InChI=1S/C20H26N4/c21-19-15-23(14-18(19)17-6-2-1-3-7-17)13-16-8-9-20(22-12-16)24-10-4-5-11-24/h1-3,6-9,12,18-19H,4-5,10-11,13-15,21H2/t18-,19+/m0/s1. The van der Waals surface area contributed by atoms with E-state index < -0.39 is 0 Å². The average molecular weight is 322 g/mol. The molecule has 2 saturated heterocycles. The highest BCUT2D eigenvalue weighted by molar-refractivity contribution is 5.40. The highest BCUT2D eigenvalue weighted by Gasteiger charge is 2.31. The number of benzene rings is 1. The van der Waals surface area contributed by atoms with Crippen LogP contribution in [0.25, 0.3) is 0 Å². The molecule has 0 aliphatic carbocycles. The van der Waals surface area contributed by atoms with Crippen molar-refractivity contribution in [3.05, 3.63) is 59.8 Å². The van der Waals surface area contributed by atoms with Crippen molar-refractivity contribution in [1.29, 1.82) is 0 Å². The van der Waals surface area contributed by atoms with Crippen molar-refractivity contribution in [1.82, 2.24) is 9.88 Å². The Morgan fingerprint density at radius 2 is 1.79 bits per heavy atom. The van der Waals surface area contributed by atoms with Crippen molar-refractivity contribution in [3.8, 4) is 0 Å². The molecule has 2 aliphatic rings. The molecule has 0 radical (unpaired) electrons. The molecular formula is C20H26N4. The first-order valence-electron chi connectivity index (χ1n) is 9.02. The van der Waals surface area contributed by atoms with E-state index in [0.717, 1.165) is 38.5 Å². The normalized spacial score (nSPS) is 24.6. The molecule has 4 rings (SSSR count). The van der Waals surface area contributed by atoms with E-state index in [1.54, 1.807) is 0 Å². The molecule has 0 spiro atoms. The van der Waals surface area contributed by atoms with Crippen LogP contribution < -0.4 is 10.6 Å². The van der Waals surface area contributed by atoms with Gasteiger partial charge in [0, 0.05) is 50.9 Å². The van der Waals surface area contributed by atoms with Crippen molar-refractivity contribution in [3.63, 3.8) is 0 Å². The lowest BCUT2D eigenvalue weighted by atomic mass is 9.95. The van der Waals surface area contributed by atoms with Crippen LogP contribution in [0.15, 0.2) is 48.7 Å². The Morgan fingerprint density at radius 3 is 2.50 bits per heavy atom. The summed E-state index contributed by atoms with van der Waals surface area (Å²) in [7, 11) is 0. The van der Waals surface area contributed by atoms with Gasteiger partial charge in [-0.25, -0.2) is 4.98 Å². The predicted molar refractivity (Wildman–Crippen MR) is 98.1 cm³/mol. The molecule has 4 heteroatoms. The van der Waals surface area contributed by atoms with Gasteiger partial charge < -0.3 is 10.6 Å². The highest BCUT2D eigenvalue weighted by atomic mass is 15.2. The van der Waals surface area contributed by atoms with Crippen molar-refractivity contribution in [2.24, 2.45) is 5.73 Å². The number of anilines is 1. The SMILES string of the molecule is N[C@@H]1CN(Cc2ccc(N3CCCC3)nc2)C[C@H]1c1ccccc1. The molecule has 2 fully saturated rings. The van der Waals surface area contributed by atoms with Crippen LogP contribution in [-0.2, 0) is 6.54 Å². The number of nitrogens with two attached hydrogens (primary N) is 1. The van der Waals surface area contributed by atoms with Crippen molar-refractivity contribution < 1.29 is 0 Å². The molecule has 4 nitrogen and oxygen atoms in total. The quantitative estimate of drug-likeness (QED) is 0.940. The lowest BCUT2D eigenvalue weighted by molar-refractivity contribution is 0.323. The molecule has 2 atom stereocenters. The second kappa shape index (κ2) is 6.91. The molecule has 1 aromatic heterocycles. The maximum absolute atomic E-state index is 6.40. The van der Waals surface area contributed by atoms with Crippen molar-refractivity contribution in [2.45, 2.75) is 31.3 Å². The van der Waals surface area contributed by atoms with Gasteiger partial charge in [0.1, 0.15) is 5.82 Å². The van der Waals surface area contributed by atoms with Gasteiger partial charge in [0.05, 0.1) is 0 Å². The third kappa shape index (κ3) is 3.30. The number of hydrogen-bond acceptors (Lipinski definition) is 4. The zero-order chi connectivity index (χ0) is 16.4. The number of pyridine rings is 1. The fraction of sp³-hybridized carbons (Fsp3) is 0.450. The van der Waals surface area contributed by atoms with Gasteiger partial charge in [-0.15, -0.1) is 0 Å². The van der Waals surface area contributed by atoms with E-state index in [1.165, 1.54) is 24.0 Å². The molecule has 0 bridgehead atoms. The van der Waals surface area contributed by atoms with Crippen LogP contribution in [0.1, 0.15) is 29.9 Å². The first-order valence-corrected chi connectivity index (χ1v) is 9.02. The Kier molecular flexibility index (Phi) is 4.50. The summed E-state index contributed by atoms with van der Waals surface area (Å²) in [5.74, 6) is 1.56. The van der Waals surface area contributed by atoms with Crippen molar-refractivity contribution >= 4 is 5.82 Å². The third-order valence-electron chi connectivity index (χ3n) is 5.31. The summed E-state index contributed by atoms with van der Waals surface area (Å²) in [4.78, 5) is 9.50. The minimum Gasteiger partial charge on any atom is -0.357 e. The van der Waals surface area contributed by atoms with Gasteiger partial charge in [-0.1, -0.05) is 36.4 Å². The fourth-order valence-corrected chi connectivity index (χ4v) is 4.00. The second-order valence-electron chi connectivity index (χ2n) is 7.09. The Hall–Kier alpha value is -1.91. The van der Waals surface area contributed by atoms with Crippen LogP contribution in [0.4, 0.5) is 5.82 Å². The fourth-order valence-electron chi connectivity index (χ4n) is 4.00. The second-order valence-corrected chi connectivity index (χ2v) is 7.09. The molecule has 0 saturated carbocycles. The Balaban J connectivity index is 1.39. The number of hydrogen-bond donors (Lipinski definition) is 1. The molecule has 0 amide bonds. The van der Waals surface area contributed by atoms with Gasteiger partial charge in [-0.05, 0) is 30.0 Å². The average Bonchev–Trinajstić information content (AvgIpc) is 3.26. The molecular weight excluding hydrogens is 296 g/mol. The Morgan fingerprint density at radius 1 is 1.00 bits per heavy atom. The van der Waals surface area contributed by atoms with Gasteiger partial charge in [-0.3, -0.25) is 4.90 Å². The highest BCUT2D eigenvalue weighted by Crippen LogP contribution is 2.27. The molecule has 2 aliphatic heterocycles. The largest absolute Gasteiger partial charge is 0.357 e. The predicted octanol–water partition coefficient (Wildman–Crippen LogP) is 2.61. The van der Waals surface area contributed by atoms with Crippen LogP contribution in [0.3, 0.4) is 0 Å².